The molecule has 0 saturated carbocycles. The lowest BCUT2D eigenvalue weighted by Crippen LogP contribution is -2.14. The number of anilines is 1. The molecule has 2 heterocycles. The van der Waals surface area contributed by atoms with Crippen molar-refractivity contribution in [3.05, 3.63) is 64.7 Å². The molecule has 0 radical (unpaired) electrons. The van der Waals surface area contributed by atoms with Crippen molar-refractivity contribution in [3.8, 4) is 11.3 Å². The van der Waals surface area contributed by atoms with E-state index in [0.29, 0.717) is 24.2 Å². The molecule has 0 fully saturated rings. The Labute approximate surface area is 178 Å². The van der Waals surface area contributed by atoms with Crippen LogP contribution in [0, 0.1) is 0 Å². The van der Waals surface area contributed by atoms with E-state index < -0.39 is 15.8 Å². The van der Waals surface area contributed by atoms with Gasteiger partial charge in [0, 0.05) is 30.6 Å². The first kappa shape index (κ1) is 21.8. The number of nitrogens with zero attached hydrogens (tertiary/aromatic N) is 3. The molecule has 3 aromatic rings. The maximum absolute atomic E-state index is 12.8. The van der Waals surface area contributed by atoms with E-state index in [2.05, 4.69) is 15.0 Å². The molecule has 0 aliphatic carbocycles. The molecule has 4 N–H and O–H groups in total. The van der Waals surface area contributed by atoms with Crippen LogP contribution < -0.4 is 10.9 Å². The van der Waals surface area contributed by atoms with E-state index in [1.807, 2.05) is 0 Å². The van der Waals surface area contributed by atoms with Crippen LogP contribution in [0.1, 0.15) is 21.6 Å². The van der Waals surface area contributed by atoms with E-state index in [4.69, 9.17) is 27.2 Å². The van der Waals surface area contributed by atoms with Crippen molar-refractivity contribution in [1.82, 2.24) is 15.0 Å². The highest BCUT2D eigenvalue weighted by Crippen LogP contribution is 2.31. The lowest BCUT2D eigenvalue weighted by molar-refractivity contribution is 0.103. The fraction of sp³-hybridized carbons (Fsp3) is 0.158. The number of halogens is 1. The third-order valence-electron chi connectivity index (χ3n) is 4.23. The summed E-state index contributed by atoms with van der Waals surface area (Å²) in [6.45, 7) is 0.311. The Hall–Kier alpha value is -2.92. The van der Waals surface area contributed by atoms with Gasteiger partial charge in [-0.1, -0.05) is 11.6 Å². The van der Waals surface area contributed by atoms with Gasteiger partial charge in [0.1, 0.15) is 4.90 Å². The van der Waals surface area contributed by atoms with Gasteiger partial charge in [0.2, 0.25) is 15.8 Å². The van der Waals surface area contributed by atoms with Gasteiger partial charge in [-0.25, -0.2) is 23.5 Å². The number of ether oxygens (including phenoxy) is 1. The van der Waals surface area contributed by atoms with Crippen LogP contribution in [-0.2, 0) is 21.2 Å². The average molecular weight is 448 g/mol. The summed E-state index contributed by atoms with van der Waals surface area (Å²) in [5.74, 6) is -0.525. The average Bonchev–Trinajstić information content (AvgIpc) is 2.72. The molecule has 30 heavy (non-hydrogen) atoms. The monoisotopic (exact) mass is 447 g/mol. The van der Waals surface area contributed by atoms with E-state index in [1.54, 1.807) is 18.2 Å². The molecule has 11 heteroatoms. The summed E-state index contributed by atoms with van der Waals surface area (Å²) in [6, 6.07) is 6.12. The largest absolute Gasteiger partial charge is 0.384 e. The molecule has 0 amide bonds. The molecule has 0 spiro atoms. The standard InChI is InChI=1S/C19H18ClN5O4S/c1-29-6-4-11-7-13(8-15(16(11)20)30(22,27)28)14-10-24-19(21)17(25-14)18(26)12-3-2-5-23-9-12/h2-3,5,7-10H,4,6H2,1H3,(H2,21,24)(H2,22,27,28). The number of pyridine rings is 1. The molecule has 0 unspecified atom stereocenters. The highest BCUT2D eigenvalue weighted by Gasteiger charge is 2.21. The van der Waals surface area contributed by atoms with Gasteiger partial charge in [-0.15, -0.1) is 0 Å². The summed E-state index contributed by atoms with van der Waals surface area (Å²) in [6.07, 6.45) is 4.60. The highest BCUT2D eigenvalue weighted by molar-refractivity contribution is 7.89. The Balaban J connectivity index is 2.15. The summed E-state index contributed by atoms with van der Waals surface area (Å²) >= 11 is 6.24. The molecule has 156 valence electrons. The number of rotatable bonds is 7. The van der Waals surface area contributed by atoms with Crippen LogP contribution in [-0.4, -0.2) is 42.9 Å². The zero-order chi connectivity index (χ0) is 21.9. The highest BCUT2D eigenvalue weighted by atomic mass is 35.5. The van der Waals surface area contributed by atoms with Crippen molar-refractivity contribution in [1.29, 1.82) is 0 Å². The Bertz CT molecular complexity index is 1200. The van der Waals surface area contributed by atoms with Crippen molar-refractivity contribution in [2.24, 2.45) is 5.14 Å². The number of carbonyl (C=O) groups excluding carboxylic acids is 1. The van der Waals surface area contributed by atoms with Gasteiger partial charge >= 0.3 is 0 Å². The zero-order valence-corrected chi connectivity index (χ0v) is 17.4. The van der Waals surface area contributed by atoms with Gasteiger partial charge in [0.15, 0.2) is 11.5 Å². The second-order valence-corrected chi connectivity index (χ2v) is 8.20. The summed E-state index contributed by atoms with van der Waals surface area (Å²) in [4.78, 5) is 24.8. The molecule has 2 aromatic heterocycles. The van der Waals surface area contributed by atoms with Crippen molar-refractivity contribution in [2.75, 3.05) is 19.5 Å². The first-order chi connectivity index (χ1) is 14.2. The van der Waals surface area contributed by atoms with E-state index in [0.717, 1.165) is 0 Å². The number of ketones is 1. The SMILES string of the molecule is COCCc1cc(-c2cnc(N)c(C(=O)c3cccnc3)n2)cc(S(N)(=O)=O)c1Cl. The Morgan fingerprint density at radius 3 is 2.67 bits per heavy atom. The number of sulfonamides is 1. The molecule has 0 saturated heterocycles. The zero-order valence-electron chi connectivity index (χ0n) is 15.9. The fourth-order valence-corrected chi connectivity index (χ4v) is 3.94. The van der Waals surface area contributed by atoms with Crippen molar-refractivity contribution < 1.29 is 17.9 Å². The molecule has 9 nitrogen and oxygen atoms in total. The number of primary sulfonamides is 1. The fourth-order valence-electron chi connectivity index (χ4n) is 2.74. The summed E-state index contributed by atoms with van der Waals surface area (Å²) in [5, 5.41) is 5.33. The summed E-state index contributed by atoms with van der Waals surface area (Å²) in [5.41, 5.74) is 7.16. The number of benzene rings is 1. The predicted molar refractivity (Wildman–Crippen MR) is 112 cm³/mol. The number of hydrogen-bond acceptors (Lipinski definition) is 8. The van der Waals surface area contributed by atoms with Gasteiger partial charge in [-0.05, 0) is 36.2 Å². The van der Waals surface area contributed by atoms with Gasteiger partial charge in [0.05, 0.1) is 23.5 Å². The van der Waals surface area contributed by atoms with Crippen LogP contribution >= 0.6 is 11.6 Å². The van der Waals surface area contributed by atoms with Crippen LogP contribution in [0.4, 0.5) is 5.82 Å². The lowest BCUT2D eigenvalue weighted by Gasteiger charge is -2.12. The van der Waals surface area contributed by atoms with E-state index in [-0.39, 0.29) is 32.7 Å². The second-order valence-electron chi connectivity index (χ2n) is 6.30. The number of nitrogen functional groups attached to an aromatic ring is 1. The first-order valence-electron chi connectivity index (χ1n) is 8.64. The van der Waals surface area contributed by atoms with E-state index in [9.17, 15) is 13.2 Å². The van der Waals surface area contributed by atoms with Gasteiger partial charge < -0.3 is 10.5 Å². The minimum atomic E-state index is -4.11. The molecular weight excluding hydrogens is 430 g/mol. The number of carbonyl (C=O) groups is 1. The molecule has 3 rings (SSSR count). The van der Waals surface area contributed by atoms with Crippen molar-refractivity contribution >= 4 is 33.2 Å². The van der Waals surface area contributed by atoms with Crippen LogP contribution in [0.25, 0.3) is 11.3 Å². The first-order valence-corrected chi connectivity index (χ1v) is 10.6. The maximum Gasteiger partial charge on any atom is 0.239 e. The number of nitrogens with two attached hydrogens (primary N) is 2. The molecule has 0 atom stereocenters. The number of aromatic nitrogens is 3. The minimum Gasteiger partial charge on any atom is -0.384 e. The van der Waals surface area contributed by atoms with Crippen molar-refractivity contribution in [2.45, 2.75) is 11.3 Å². The van der Waals surface area contributed by atoms with Crippen LogP contribution in [0.3, 0.4) is 0 Å². The smallest absolute Gasteiger partial charge is 0.239 e. The van der Waals surface area contributed by atoms with Crippen LogP contribution in [0.15, 0.2) is 47.8 Å². The Morgan fingerprint density at radius 2 is 2.03 bits per heavy atom. The number of methoxy groups -OCH3 is 1. The Morgan fingerprint density at radius 1 is 1.27 bits per heavy atom. The molecular formula is C19H18ClN5O4S. The molecule has 1 aromatic carbocycles. The van der Waals surface area contributed by atoms with Gasteiger partial charge in [-0.3, -0.25) is 9.78 Å². The summed E-state index contributed by atoms with van der Waals surface area (Å²) in [7, 11) is -2.60. The molecule has 0 aliphatic heterocycles. The summed E-state index contributed by atoms with van der Waals surface area (Å²) < 4.78 is 29.1. The third-order valence-corrected chi connectivity index (χ3v) is 5.73. The minimum absolute atomic E-state index is 0.00774. The number of hydrogen-bond donors (Lipinski definition) is 2. The normalized spacial score (nSPS) is 11.4. The molecule has 0 aliphatic rings. The van der Waals surface area contributed by atoms with Crippen LogP contribution in [0.5, 0.6) is 0 Å². The lowest BCUT2D eigenvalue weighted by atomic mass is 10.1. The maximum atomic E-state index is 12.8. The molecule has 0 bridgehead atoms. The van der Waals surface area contributed by atoms with Gasteiger partial charge in [-0.2, -0.15) is 0 Å². The van der Waals surface area contributed by atoms with Crippen LogP contribution in [0.2, 0.25) is 5.02 Å². The van der Waals surface area contributed by atoms with E-state index in [1.165, 1.54) is 31.8 Å². The quantitative estimate of drug-likeness (QED) is 0.520. The van der Waals surface area contributed by atoms with Crippen molar-refractivity contribution in [3.63, 3.8) is 0 Å². The second kappa shape index (κ2) is 8.84. The third kappa shape index (κ3) is 4.62. The topological polar surface area (TPSA) is 151 Å². The Kier molecular flexibility index (Phi) is 6.42. The predicted octanol–water partition coefficient (Wildman–Crippen LogP) is 1.84. The van der Waals surface area contributed by atoms with E-state index >= 15 is 0 Å². The van der Waals surface area contributed by atoms with Gasteiger partial charge in [0.25, 0.3) is 0 Å².